The van der Waals surface area contributed by atoms with Crippen LogP contribution >= 0.6 is 0 Å². The molecule has 0 N–H and O–H groups in total. The summed E-state index contributed by atoms with van der Waals surface area (Å²) in [7, 11) is 0. The van der Waals surface area contributed by atoms with Gasteiger partial charge >= 0.3 is 0 Å². The van der Waals surface area contributed by atoms with Crippen LogP contribution < -0.4 is 0 Å². The van der Waals surface area contributed by atoms with Crippen LogP contribution in [0, 0.1) is 0 Å². The van der Waals surface area contributed by atoms with Gasteiger partial charge in [-0.05, 0) is 56.6 Å². The summed E-state index contributed by atoms with van der Waals surface area (Å²) in [5.74, 6) is 1.89. The molecule has 4 nitrogen and oxygen atoms in total. The lowest BCUT2D eigenvalue weighted by Gasteiger charge is -2.10. The fraction of sp³-hybridized carbons (Fsp3) is 0. The Morgan fingerprint density at radius 1 is 0.230 bits per heavy atom. The maximum absolute atomic E-state index is 7.02. The number of fused-ring (bicyclic) bond motifs is 3. The number of benzene rings is 9. The van der Waals surface area contributed by atoms with E-state index in [0.717, 1.165) is 72.0 Å². The van der Waals surface area contributed by atoms with Gasteiger partial charge in [-0.25, -0.2) is 15.0 Å². The molecule has 2 aromatic heterocycles. The topological polar surface area (TPSA) is 51.8 Å². The van der Waals surface area contributed by atoms with E-state index >= 15 is 0 Å². The molecule has 11 aromatic rings. The second kappa shape index (κ2) is 15.5. The van der Waals surface area contributed by atoms with Crippen molar-refractivity contribution in [3.63, 3.8) is 0 Å². The lowest BCUT2D eigenvalue weighted by atomic mass is 9.93. The molecule has 0 aliphatic carbocycles. The summed E-state index contributed by atoms with van der Waals surface area (Å²) in [5.41, 5.74) is 15.7. The standard InChI is InChI=1S/C57H37N3O/c1-5-14-38(15-6-1)40-24-26-42(27-25-40)48-36-51(44-30-28-41(29-31-44)39-16-7-2-8-17-39)54-52(37-48)50-23-13-22-49(53(50)61-54)43-32-34-47(35-33-43)57-59-55(45-18-9-3-10-19-45)58-56(60-57)46-20-11-4-12-21-46/h1-37H. The van der Waals surface area contributed by atoms with Crippen molar-refractivity contribution in [1.82, 2.24) is 15.0 Å². The summed E-state index contributed by atoms with van der Waals surface area (Å²) >= 11 is 0. The van der Waals surface area contributed by atoms with Gasteiger partial charge in [0.1, 0.15) is 11.2 Å². The van der Waals surface area contributed by atoms with Crippen LogP contribution in [0.15, 0.2) is 229 Å². The van der Waals surface area contributed by atoms with E-state index in [1.54, 1.807) is 0 Å². The molecule has 0 bridgehead atoms. The molecule has 2 heterocycles. The summed E-state index contributed by atoms with van der Waals surface area (Å²) in [5, 5.41) is 2.14. The van der Waals surface area contributed by atoms with Gasteiger partial charge < -0.3 is 4.42 Å². The molecule has 0 saturated carbocycles. The number of para-hydroxylation sites is 1. The van der Waals surface area contributed by atoms with Crippen LogP contribution in [0.2, 0.25) is 0 Å². The fourth-order valence-corrected chi connectivity index (χ4v) is 8.20. The molecule has 0 amide bonds. The highest BCUT2D eigenvalue weighted by molar-refractivity contribution is 6.14. The van der Waals surface area contributed by atoms with Crippen LogP contribution in [0.1, 0.15) is 0 Å². The number of hydrogen-bond acceptors (Lipinski definition) is 4. The Hall–Kier alpha value is -8.21. The zero-order chi connectivity index (χ0) is 40.5. The second-order valence-corrected chi connectivity index (χ2v) is 15.2. The normalized spacial score (nSPS) is 11.3. The lowest BCUT2D eigenvalue weighted by Crippen LogP contribution is -2.00. The van der Waals surface area contributed by atoms with E-state index in [1.165, 1.54) is 22.3 Å². The third-order valence-electron chi connectivity index (χ3n) is 11.4. The summed E-state index contributed by atoms with van der Waals surface area (Å²) in [6, 6.07) is 78.3. The molecule has 0 fully saturated rings. The number of nitrogens with zero attached hydrogens (tertiary/aromatic N) is 3. The first kappa shape index (κ1) is 35.9. The average Bonchev–Trinajstić information content (AvgIpc) is 3.74. The molecule has 11 rings (SSSR count). The second-order valence-electron chi connectivity index (χ2n) is 15.2. The third kappa shape index (κ3) is 6.96. The van der Waals surface area contributed by atoms with Crippen LogP contribution in [0.3, 0.4) is 0 Å². The molecule has 0 unspecified atom stereocenters. The van der Waals surface area contributed by atoms with Crippen LogP contribution in [0.5, 0.6) is 0 Å². The van der Waals surface area contributed by atoms with E-state index in [1.807, 2.05) is 60.7 Å². The van der Waals surface area contributed by atoms with Gasteiger partial charge in [-0.1, -0.05) is 212 Å². The van der Waals surface area contributed by atoms with Crippen molar-refractivity contribution in [2.24, 2.45) is 0 Å². The SMILES string of the molecule is c1ccc(-c2ccc(-c3cc(-c4ccc(-c5ccccc5)cc4)c4oc5c(-c6ccc(-c7nc(-c8ccccc8)nc(-c8ccccc8)n7)cc6)cccc5c4c3)cc2)cc1. The number of hydrogen-bond donors (Lipinski definition) is 0. The highest BCUT2D eigenvalue weighted by atomic mass is 16.3. The van der Waals surface area contributed by atoms with Crippen LogP contribution in [-0.2, 0) is 0 Å². The van der Waals surface area contributed by atoms with Crippen molar-refractivity contribution in [3.05, 3.63) is 224 Å². The quantitative estimate of drug-likeness (QED) is 0.154. The zero-order valence-electron chi connectivity index (χ0n) is 33.1. The van der Waals surface area contributed by atoms with Crippen molar-refractivity contribution >= 4 is 21.9 Å². The van der Waals surface area contributed by atoms with E-state index in [4.69, 9.17) is 19.4 Å². The Morgan fingerprint density at radius 2 is 0.574 bits per heavy atom. The Morgan fingerprint density at radius 3 is 1.05 bits per heavy atom. The van der Waals surface area contributed by atoms with Crippen molar-refractivity contribution in [2.75, 3.05) is 0 Å². The molecule has 0 radical (unpaired) electrons. The lowest BCUT2D eigenvalue weighted by molar-refractivity contribution is 0.671. The predicted octanol–water partition coefficient (Wildman–Crippen LogP) is 15.1. The summed E-state index contributed by atoms with van der Waals surface area (Å²) in [4.78, 5) is 14.8. The maximum atomic E-state index is 7.02. The van der Waals surface area contributed by atoms with Crippen LogP contribution in [-0.4, -0.2) is 15.0 Å². The number of aromatic nitrogens is 3. The van der Waals surface area contributed by atoms with Gasteiger partial charge in [-0.3, -0.25) is 0 Å². The highest BCUT2D eigenvalue weighted by Crippen LogP contribution is 2.43. The van der Waals surface area contributed by atoms with Crippen molar-refractivity contribution < 1.29 is 4.42 Å². The van der Waals surface area contributed by atoms with Crippen molar-refractivity contribution in [1.29, 1.82) is 0 Å². The molecule has 9 aromatic carbocycles. The van der Waals surface area contributed by atoms with Crippen LogP contribution in [0.4, 0.5) is 0 Å². The molecule has 0 aliphatic heterocycles. The molecule has 61 heavy (non-hydrogen) atoms. The fourth-order valence-electron chi connectivity index (χ4n) is 8.20. The minimum Gasteiger partial charge on any atom is -0.455 e. The average molecular weight is 780 g/mol. The van der Waals surface area contributed by atoms with Gasteiger partial charge in [0.25, 0.3) is 0 Å². The van der Waals surface area contributed by atoms with E-state index in [2.05, 4.69) is 164 Å². The van der Waals surface area contributed by atoms with Gasteiger partial charge in [-0.15, -0.1) is 0 Å². The summed E-state index contributed by atoms with van der Waals surface area (Å²) < 4.78 is 7.02. The molecule has 4 heteroatoms. The molecule has 286 valence electrons. The third-order valence-corrected chi connectivity index (χ3v) is 11.4. The predicted molar refractivity (Wildman–Crippen MR) is 251 cm³/mol. The maximum Gasteiger partial charge on any atom is 0.164 e. The number of rotatable bonds is 8. The van der Waals surface area contributed by atoms with Gasteiger partial charge in [-0.2, -0.15) is 0 Å². The summed E-state index contributed by atoms with van der Waals surface area (Å²) in [6.45, 7) is 0. The largest absolute Gasteiger partial charge is 0.455 e. The van der Waals surface area contributed by atoms with E-state index in [0.29, 0.717) is 17.5 Å². The van der Waals surface area contributed by atoms with E-state index in [-0.39, 0.29) is 0 Å². The first-order valence-electron chi connectivity index (χ1n) is 20.5. The first-order chi connectivity index (χ1) is 30.2. The van der Waals surface area contributed by atoms with Gasteiger partial charge in [0.15, 0.2) is 17.5 Å². The number of furan rings is 1. The molecule has 0 aliphatic rings. The zero-order valence-corrected chi connectivity index (χ0v) is 33.1. The van der Waals surface area contributed by atoms with Crippen LogP contribution in [0.25, 0.3) is 112 Å². The van der Waals surface area contributed by atoms with Crippen molar-refractivity contribution in [2.45, 2.75) is 0 Å². The smallest absolute Gasteiger partial charge is 0.164 e. The highest BCUT2D eigenvalue weighted by Gasteiger charge is 2.19. The Labute approximate surface area is 354 Å². The molecule has 0 spiro atoms. The minimum absolute atomic E-state index is 0.619. The first-order valence-corrected chi connectivity index (χ1v) is 20.5. The van der Waals surface area contributed by atoms with Crippen molar-refractivity contribution in [3.8, 4) is 89.8 Å². The minimum atomic E-state index is 0.619. The monoisotopic (exact) mass is 779 g/mol. The van der Waals surface area contributed by atoms with E-state index < -0.39 is 0 Å². The van der Waals surface area contributed by atoms with E-state index in [9.17, 15) is 0 Å². The molecular weight excluding hydrogens is 743 g/mol. The Bertz CT molecular complexity index is 3230. The van der Waals surface area contributed by atoms with Gasteiger partial charge in [0.2, 0.25) is 0 Å². The molecular formula is C57H37N3O. The Balaban J connectivity index is 1.02. The van der Waals surface area contributed by atoms with Gasteiger partial charge in [0.05, 0.1) is 0 Å². The molecule has 0 atom stereocenters. The Kier molecular flexibility index (Phi) is 9.14. The molecule has 0 saturated heterocycles. The summed E-state index contributed by atoms with van der Waals surface area (Å²) in [6.07, 6.45) is 0. The van der Waals surface area contributed by atoms with Gasteiger partial charge in [0, 0.05) is 38.6 Å².